The molecule has 0 saturated carbocycles. The average Bonchev–Trinajstić information content (AvgIpc) is 3.10. The van der Waals surface area contributed by atoms with Gasteiger partial charge in [0.05, 0.1) is 22.5 Å². The van der Waals surface area contributed by atoms with Crippen molar-refractivity contribution in [2.24, 2.45) is 0 Å². The molecular weight excluding hydrogens is 402 g/mol. The lowest BCUT2D eigenvalue weighted by Gasteiger charge is -2.31. The van der Waals surface area contributed by atoms with E-state index in [0.29, 0.717) is 38.3 Å². The van der Waals surface area contributed by atoms with E-state index in [4.69, 9.17) is 4.74 Å². The predicted octanol–water partition coefficient (Wildman–Crippen LogP) is 3.53. The van der Waals surface area contributed by atoms with E-state index in [1.807, 2.05) is 24.3 Å². The third-order valence-corrected chi connectivity index (χ3v) is 7.55. The molecule has 1 aliphatic heterocycles. The molecule has 1 aromatic heterocycles. The van der Waals surface area contributed by atoms with Crippen LogP contribution in [0.3, 0.4) is 0 Å². The molecule has 0 aliphatic carbocycles. The van der Waals surface area contributed by atoms with Crippen LogP contribution in [-0.2, 0) is 10.0 Å². The maximum atomic E-state index is 13.0. The summed E-state index contributed by atoms with van der Waals surface area (Å²) in [4.78, 5) is 15.6. The van der Waals surface area contributed by atoms with Crippen LogP contribution in [0.2, 0.25) is 0 Å². The summed E-state index contributed by atoms with van der Waals surface area (Å²) in [6.07, 6.45) is 3.21. The summed E-state index contributed by atoms with van der Waals surface area (Å²) in [7, 11) is -3.57. The highest BCUT2D eigenvalue weighted by Crippen LogP contribution is 2.28. The van der Waals surface area contributed by atoms with Crippen molar-refractivity contribution in [2.75, 3.05) is 19.7 Å². The summed E-state index contributed by atoms with van der Waals surface area (Å²) in [5, 5.41) is 0. The summed E-state index contributed by atoms with van der Waals surface area (Å²) in [6, 6.07) is 14.2. The zero-order chi connectivity index (χ0) is 21.1. The molecular formula is C22H27N3O4S. The van der Waals surface area contributed by atoms with Gasteiger partial charge in [0.15, 0.2) is 0 Å². The fraction of sp³-hybridized carbons (Fsp3) is 0.409. The normalized spacial score (nSPS) is 16.2. The van der Waals surface area contributed by atoms with Gasteiger partial charge < -0.3 is 9.72 Å². The number of hydrogen-bond donors (Lipinski definition) is 1. The Morgan fingerprint density at radius 1 is 1.07 bits per heavy atom. The Labute approximate surface area is 176 Å². The number of fused-ring (bicyclic) bond motifs is 1. The summed E-state index contributed by atoms with van der Waals surface area (Å²) in [5.74, 6) is 0.680. The van der Waals surface area contributed by atoms with Crippen molar-refractivity contribution in [3.05, 3.63) is 59.0 Å². The van der Waals surface area contributed by atoms with Crippen LogP contribution in [0.1, 0.15) is 38.6 Å². The minimum Gasteiger partial charge on any atom is -0.494 e. The highest BCUT2D eigenvalue weighted by Gasteiger charge is 2.31. The van der Waals surface area contributed by atoms with Crippen molar-refractivity contribution < 1.29 is 13.2 Å². The Morgan fingerprint density at radius 2 is 1.77 bits per heavy atom. The summed E-state index contributed by atoms with van der Waals surface area (Å²) < 4.78 is 35.0. The van der Waals surface area contributed by atoms with Gasteiger partial charge in [0.25, 0.3) is 0 Å². The van der Waals surface area contributed by atoms with E-state index in [0.717, 1.165) is 23.9 Å². The first kappa shape index (κ1) is 20.7. The first-order valence-electron chi connectivity index (χ1n) is 10.4. The largest absolute Gasteiger partial charge is 0.494 e. The van der Waals surface area contributed by atoms with Crippen molar-refractivity contribution in [1.29, 1.82) is 0 Å². The van der Waals surface area contributed by atoms with Crippen molar-refractivity contribution in [3.8, 4) is 5.75 Å². The van der Waals surface area contributed by atoms with Gasteiger partial charge >= 0.3 is 5.69 Å². The molecule has 0 bridgehead atoms. The number of benzene rings is 2. The minimum atomic E-state index is -3.57. The topological polar surface area (TPSA) is 84.4 Å². The molecule has 1 aliphatic rings. The predicted molar refractivity (Wildman–Crippen MR) is 116 cm³/mol. The average molecular weight is 430 g/mol. The Morgan fingerprint density at radius 3 is 2.47 bits per heavy atom. The van der Waals surface area contributed by atoms with Crippen LogP contribution in [-0.4, -0.2) is 42.0 Å². The SMILES string of the molecule is CCCCOc1ccc(S(=O)(=O)N2CCC(n3c(=O)[nH]c4ccccc43)CC2)cc1. The van der Waals surface area contributed by atoms with Crippen molar-refractivity contribution >= 4 is 21.1 Å². The molecule has 3 aromatic rings. The maximum Gasteiger partial charge on any atom is 0.326 e. The highest BCUT2D eigenvalue weighted by atomic mass is 32.2. The summed E-state index contributed by atoms with van der Waals surface area (Å²) in [6.45, 7) is 3.49. The smallest absolute Gasteiger partial charge is 0.326 e. The monoisotopic (exact) mass is 429 g/mol. The molecule has 160 valence electrons. The molecule has 8 heteroatoms. The molecule has 0 amide bonds. The first-order valence-corrected chi connectivity index (χ1v) is 11.9. The first-order chi connectivity index (χ1) is 14.5. The lowest BCUT2D eigenvalue weighted by Crippen LogP contribution is -2.40. The summed E-state index contributed by atoms with van der Waals surface area (Å²) >= 11 is 0. The number of rotatable bonds is 7. The number of aromatic amines is 1. The second kappa shape index (κ2) is 8.65. The Hall–Kier alpha value is -2.58. The van der Waals surface area contributed by atoms with Gasteiger partial charge in [0.1, 0.15) is 5.75 Å². The maximum absolute atomic E-state index is 13.0. The van der Waals surface area contributed by atoms with Gasteiger partial charge in [0.2, 0.25) is 10.0 Å². The quantitative estimate of drug-likeness (QED) is 0.582. The van der Waals surface area contributed by atoms with Crippen LogP contribution in [0.15, 0.2) is 58.2 Å². The molecule has 0 spiro atoms. The zero-order valence-electron chi connectivity index (χ0n) is 17.1. The highest BCUT2D eigenvalue weighted by molar-refractivity contribution is 7.89. The number of nitrogens with one attached hydrogen (secondary N) is 1. The van der Waals surface area contributed by atoms with E-state index in [1.54, 1.807) is 28.8 Å². The number of sulfonamides is 1. The van der Waals surface area contributed by atoms with Crippen LogP contribution in [0.4, 0.5) is 0 Å². The molecule has 7 nitrogen and oxygen atoms in total. The van der Waals surface area contributed by atoms with Crippen LogP contribution in [0, 0.1) is 0 Å². The molecule has 1 saturated heterocycles. The number of aromatic nitrogens is 2. The van der Waals surface area contributed by atoms with E-state index in [-0.39, 0.29) is 16.6 Å². The number of unbranched alkanes of at least 4 members (excludes halogenated alkanes) is 1. The molecule has 2 aromatic carbocycles. The fourth-order valence-electron chi connectivity index (χ4n) is 3.97. The van der Waals surface area contributed by atoms with Gasteiger partial charge in [-0.05, 0) is 55.7 Å². The van der Waals surface area contributed by atoms with Crippen molar-refractivity contribution in [3.63, 3.8) is 0 Å². The standard InChI is InChI=1S/C22H27N3O4S/c1-2-3-16-29-18-8-10-19(11-9-18)30(27,28)24-14-12-17(13-15-24)25-21-7-5-4-6-20(21)23-22(25)26/h4-11,17H,2-3,12-16H2,1H3,(H,23,26). The fourth-order valence-corrected chi connectivity index (χ4v) is 5.44. The van der Waals surface area contributed by atoms with Crippen molar-refractivity contribution in [2.45, 2.75) is 43.5 Å². The third-order valence-electron chi connectivity index (χ3n) is 5.64. The Kier molecular flexibility index (Phi) is 5.97. The molecule has 4 rings (SSSR count). The molecule has 2 heterocycles. The third kappa shape index (κ3) is 4.02. The molecule has 30 heavy (non-hydrogen) atoms. The number of nitrogens with zero attached hydrogens (tertiary/aromatic N) is 2. The van der Waals surface area contributed by atoms with Gasteiger partial charge in [-0.15, -0.1) is 0 Å². The number of hydrogen-bond acceptors (Lipinski definition) is 4. The molecule has 0 unspecified atom stereocenters. The lowest BCUT2D eigenvalue weighted by molar-refractivity contribution is 0.274. The van der Waals surface area contributed by atoms with Crippen LogP contribution >= 0.6 is 0 Å². The van der Waals surface area contributed by atoms with Crippen LogP contribution in [0.25, 0.3) is 11.0 Å². The van der Waals surface area contributed by atoms with Gasteiger partial charge in [-0.1, -0.05) is 25.5 Å². The van der Waals surface area contributed by atoms with Gasteiger partial charge in [0, 0.05) is 19.1 Å². The molecule has 0 atom stereocenters. The zero-order valence-corrected chi connectivity index (χ0v) is 17.9. The van der Waals surface area contributed by atoms with E-state index in [1.165, 1.54) is 4.31 Å². The molecule has 1 N–H and O–H groups in total. The number of H-pyrrole nitrogens is 1. The Bertz CT molecular complexity index is 1160. The van der Waals surface area contributed by atoms with Crippen LogP contribution < -0.4 is 10.4 Å². The minimum absolute atomic E-state index is 0.0190. The van der Waals surface area contributed by atoms with Gasteiger partial charge in [-0.3, -0.25) is 4.57 Å². The number of imidazole rings is 1. The van der Waals surface area contributed by atoms with Gasteiger partial charge in [-0.2, -0.15) is 4.31 Å². The number of para-hydroxylation sites is 2. The van der Waals surface area contributed by atoms with Gasteiger partial charge in [-0.25, -0.2) is 13.2 Å². The number of piperidine rings is 1. The van der Waals surface area contributed by atoms with Crippen LogP contribution in [0.5, 0.6) is 5.75 Å². The van der Waals surface area contributed by atoms with E-state index >= 15 is 0 Å². The lowest BCUT2D eigenvalue weighted by atomic mass is 10.1. The number of ether oxygens (including phenoxy) is 1. The second-order valence-electron chi connectivity index (χ2n) is 7.63. The second-order valence-corrected chi connectivity index (χ2v) is 9.56. The van der Waals surface area contributed by atoms with E-state index in [9.17, 15) is 13.2 Å². The van der Waals surface area contributed by atoms with E-state index in [2.05, 4.69) is 11.9 Å². The van der Waals surface area contributed by atoms with Crippen molar-refractivity contribution in [1.82, 2.24) is 13.9 Å². The molecule has 1 fully saturated rings. The van der Waals surface area contributed by atoms with E-state index < -0.39 is 10.0 Å². The Balaban J connectivity index is 1.45. The molecule has 0 radical (unpaired) electrons. The summed E-state index contributed by atoms with van der Waals surface area (Å²) in [5.41, 5.74) is 1.53.